The number of aromatic nitrogens is 3. The molecule has 2 heterocycles. The number of nitrogens with zero attached hydrogens (tertiary/aromatic N) is 3. The molecule has 0 spiro atoms. The highest BCUT2D eigenvalue weighted by atomic mass is 35.5. The Kier molecular flexibility index (Phi) is 3.69. The molecule has 0 saturated carbocycles. The van der Waals surface area contributed by atoms with Gasteiger partial charge in [-0.05, 0) is 36.2 Å². The summed E-state index contributed by atoms with van der Waals surface area (Å²) >= 11 is 5.93. The Morgan fingerprint density at radius 1 is 1.08 bits per heavy atom. The van der Waals surface area contributed by atoms with Gasteiger partial charge in [-0.1, -0.05) is 29.8 Å². The lowest BCUT2D eigenvalue weighted by Gasteiger charge is -2.32. The molecule has 0 amide bonds. The molecule has 1 N–H and O–H groups in total. The number of hydrogen-bond donors (Lipinski definition) is 1. The van der Waals surface area contributed by atoms with E-state index in [2.05, 4.69) is 15.4 Å². The summed E-state index contributed by atoms with van der Waals surface area (Å²) in [5.41, 5.74) is 0.972. The molecule has 3 aromatic rings. The molecule has 1 aliphatic rings. The molecule has 24 heavy (non-hydrogen) atoms. The highest BCUT2D eigenvalue weighted by Gasteiger charge is 2.33. The number of halogens is 3. The molecule has 0 saturated heterocycles. The number of fused-ring (bicyclic) bond motifs is 1. The molecule has 1 aliphatic heterocycles. The van der Waals surface area contributed by atoms with Gasteiger partial charge in [0, 0.05) is 10.6 Å². The first-order chi connectivity index (χ1) is 11.6. The van der Waals surface area contributed by atoms with Crippen molar-refractivity contribution in [3.8, 4) is 0 Å². The minimum absolute atomic E-state index is 0.00436. The standard InChI is InChI=1S/C17H13ClF2N4/c18-11-6-4-10(5-7-11)14-8-15(24-17(23-14)21-9-22-24)16-12(19)2-1-3-13(16)20/h1-7,9,14-15H,8H2,(H,21,22,23). The second-order valence-electron chi connectivity index (χ2n) is 5.66. The maximum Gasteiger partial charge on any atom is 0.222 e. The van der Waals surface area contributed by atoms with E-state index in [1.54, 1.807) is 12.1 Å². The van der Waals surface area contributed by atoms with E-state index in [0.717, 1.165) is 5.56 Å². The molecule has 2 atom stereocenters. The van der Waals surface area contributed by atoms with Gasteiger partial charge in [-0.25, -0.2) is 13.5 Å². The number of benzene rings is 2. The van der Waals surface area contributed by atoms with E-state index in [-0.39, 0.29) is 11.6 Å². The highest BCUT2D eigenvalue weighted by molar-refractivity contribution is 6.30. The van der Waals surface area contributed by atoms with Crippen LogP contribution < -0.4 is 5.32 Å². The fraction of sp³-hybridized carbons (Fsp3) is 0.176. The zero-order valence-corrected chi connectivity index (χ0v) is 13.2. The van der Waals surface area contributed by atoms with Crippen molar-refractivity contribution in [3.63, 3.8) is 0 Å². The zero-order valence-electron chi connectivity index (χ0n) is 12.5. The first-order valence-electron chi connectivity index (χ1n) is 7.49. The van der Waals surface area contributed by atoms with E-state index >= 15 is 0 Å². The Balaban J connectivity index is 1.78. The van der Waals surface area contributed by atoms with E-state index in [1.807, 2.05) is 12.1 Å². The quantitative estimate of drug-likeness (QED) is 0.750. The lowest BCUT2D eigenvalue weighted by Crippen LogP contribution is -2.29. The van der Waals surface area contributed by atoms with Crippen molar-refractivity contribution in [1.29, 1.82) is 0 Å². The Hall–Kier alpha value is -2.47. The smallest absolute Gasteiger partial charge is 0.222 e. The zero-order chi connectivity index (χ0) is 16.7. The summed E-state index contributed by atoms with van der Waals surface area (Å²) in [7, 11) is 0. The van der Waals surface area contributed by atoms with Crippen molar-refractivity contribution in [1.82, 2.24) is 14.8 Å². The van der Waals surface area contributed by atoms with Crippen LogP contribution >= 0.6 is 11.6 Å². The number of hydrogen-bond acceptors (Lipinski definition) is 3. The second-order valence-corrected chi connectivity index (χ2v) is 6.10. The van der Waals surface area contributed by atoms with E-state index < -0.39 is 17.7 Å². The van der Waals surface area contributed by atoms with Gasteiger partial charge in [0.25, 0.3) is 0 Å². The maximum atomic E-state index is 14.3. The van der Waals surface area contributed by atoms with Crippen LogP contribution in [0.15, 0.2) is 48.8 Å². The molecule has 4 rings (SSSR count). The monoisotopic (exact) mass is 346 g/mol. The molecule has 7 heteroatoms. The van der Waals surface area contributed by atoms with Gasteiger partial charge in [-0.2, -0.15) is 10.1 Å². The Bertz CT molecular complexity index is 858. The van der Waals surface area contributed by atoms with Gasteiger partial charge in [-0.3, -0.25) is 0 Å². The number of anilines is 1. The first-order valence-corrected chi connectivity index (χ1v) is 7.86. The van der Waals surface area contributed by atoms with E-state index in [9.17, 15) is 8.78 Å². The lowest BCUT2D eigenvalue weighted by atomic mass is 9.93. The van der Waals surface area contributed by atoms with Crippen LogP contribution in [0, 0.1) is 11.6 Å². The SMILES string of the molecule is Fc1cccc(F)c1C1CC(c2ccc(Cl)cc2)Nc2ncnn21. The Labute approximate surface area is 142 Å². The molecule has 2 aromatic carbocycles. The van der Waals surface area contributed by atoms with Crippen molar-refractivity contribution in [3.05, 3.63) is 76.6 Å². The van der Waals surface area contributed by atoms with Crippen LogP contribution in [-0.4, -0.2) is 14.8 Å². The topological polar surface area (TPSA) is 42.7 Å². The van der Waals surface area contributed by atoms with Crippen LogP contribution in [0.3, 0.4) is 0 Å². The van der Waals surface area contributed by atoms with Crippen LogP contribution in [0.4, 0.5) is 14.7 Å². The molecule has 0 aliphatic carbocycles. The molecule has 2 unspecified atom stereocenters. The van der Waals surface area contributed by atoms with Gasteiger partial charge in [-0.15, -0.1) is 0 Å². The average Bonchev–Trinajstić information content (AvgIpc) is 3.04. The Morgan fingerprint density at radius 3 is 2.50 bits per heavy atom. The third-order valence-electron chi connectivity index (χ3n) is 4.24. The van der Waals surface area contributed by atoms with Gasteiger partial charge in [0.05, 0.1) is 12.1 Å². The van der Waals surface area contributed by atoms with Crippen LogP contribution in [-0.2, 0) is 0 Å². The van der Waals surface area contributed by atoms with Gasteiger partial charge >= 0.3 is 0 Å². The summed E-state index contributed by atoms with van der Waals surface area (Å²) in [6.07, 6.45) is 1.81. The maximum absolute atomic E-state index is 14.3. The molecule has 122 valence electrons. The van der Waals surface area contributed by atoms with Crippen LogP contribution in [0.1, 0.15) is 29.6 Å². The Morgan fingerprint density at radius 2 is 1.79 bits per heavy atom. The van der Waals surface area contributed by atoms with E-state index in [1.165, 1.54) is 29.2 Å². The lowest BCUT2D eigenvalue weighted by molar-refractivity contribution is 0.398. The minimum Gasteiger partial charge on any atom is -0.348 e. The average molecular weight is 347 g/mol. The third-order valence-corrected chi connectivity index (χ3v) is 4.49. The predicted molar refractivity (Wildman–Crippen MR) is 87.0 cm³/mol. The van der Waals surface area contributed by atoms with Gasteiger partial charge in [0.15, 0.2) is 0 Å². The number of rotatable bonds is 2. The van der Waals surface area contributed by atoms with Gasteiger partial charge in [0.1, 0.15) is 18.0 Å². The van der Waals surface area contributed by atoms with Crippen LogP contribution in [0.5, 0.6) is 0 Å². The summed E-state index contributed by atoms with van der Waals surface area (Å²) in [5.74, 6) is -0.690. The van der Waals surface area contributed by atoms with Crippen molar-refractivity contribution in [2.24, 2.45) is 0 Å². The molecular formula is C17H13ClF2N4. The van der Waals surface area contributed by atoms with Crippen molar-refractivity contribution in [2.75, 3.05) is 5.32 Å². The first kappa shape index (κ1) is 15.1. The number of nitrogens with one attached hydrogen (secondary N) is 1. The summed E-state index contributed by atoms with van der Waals surface area (Å²) in [6, 6.07) is 10.5. The predicted octanol–water partition coefficient (Wildman–Crippen LogP) is 4.36. The summed E-state index contributed by atoms with van der Waals surface area (Å²) < 4.78 is 30.1. The largest absolute Gasteiger partial charge is 0.348 e. The second kappa shape index (κ2) is 5.87. The van der Waals surface area contributed by atoms with E-state index in [0.29, 0.717) is 17.4 Å². The van der Waals surface area contributed by atoms with Crippen LogP contribution in [0.25, 0.3) is 0 Å². The summed E-state index contributed by atoms with van der Waals surface area (Å²) in [5, 5.41) is 8.01. The van der Waals surface area contributed by atoms with Crippen LogP contribution in [0.2, 0.25) is 5.02 Å². The van der Waals surface area contributed by atoms with Crippen molar-refractivity contribution < 1.29 is 8.78 Å². The fourth-order valence-corrected chi connectivity index (χ4v) is 3.23. The highest BCUT2D eigenvalue weighted by Crippen LogP contribution is 2.39. The van der Waals surface area contributed by atoms with Crippen molar-refractivity contribution in [2.45, 2.75) is 18.5 Å². The fourth-order valence-electron chi connectivity index (χ4n) is 3.10. The normalized spacial score (nSPS) is 19.6. The van der Waals surface area contributed by atoms with Gasteiger partial charge in [0.2, 0.25) is 5.95 Å². The summed E-state index contributed by atoms with van der Waals surface area (Å²) in [6.45, 7) is 0. The molecule has 0 radical (unpaired) electrons. The molecule has 0 fully saturated rings. The molecular weight excluding hydrogens is 334 g/mol. The minimum atomic E-state index is -0.585. The van der Waals surface area contributed by atoms with Crippen molar-refractivity contribution >= 4 is 17.5 Å². The van der Waals surface area contributed by atoms with Gasteiger partial charge < -0.3 is 5.32 Å². The summed E-state index contributed by atoms with van der Waals surface area (Å²) in [4.78, 5) is 4.15. The molecule has 1 aromatic heterocycles. The third kappa shape index (κ3) is 2.53. The van der Waals surface area contributed by atoms with E-state index in [4.69, 9.17) is 11.6 Å². The molecule has 4 nitrogen and oxygen atoms in total. The molecule has 0 bridgehead atoms.